The first-order valence-electron chi connectivity index (χ1n) is 2.21. The number of hydrogen-bond acceptors (Lipinski definition) is 12. The first kappa shape index (κ1) is 43.3. The van der Waals surface area contributed by atoms with Crippen LogP contribution in [0, 0.1) is 56.1 Å². The van der Waals surface area contributed by atoms with E-state index in [0.29, 0.717) is 0 Å². The summed E-state index contributed by atoms with van der Waals surface area (Å²) in [5.41, 5.74) is 0. The van der Waals surface area contributed by atoms with Crippen molar-refractivity contribution in [2.45, 2.75) is 0 Å². The van der Waals surface area contributed by atoms with Crippen molar-refractivity contribution >= 4 is 23.1 Å². The molecule has 0 bridgehead atoms. The molecule has 0 aromatic rings. The Labute approximate surface area is 133 Å². The van der Waals surface area contributed by atoms with Crippen LogP contribution in [-0.2, 0) is 22.4 Å². The Bertz CT molecular complexity index is 166. The predicted molar refractivity (Wildman–Crippen MR) is 50.6 cm³/mol. The second kappa shape index (κ2) is 36.0. The van der Waals surface area contributed by atoms with E-state index >= 15 is 0 Å². The fourth-order valence-corrected chi connectivity index (χ4v) is 0. The Balaban J connectivity index is -0.0000000192. The van der Waals surface area contributed by atoms with E-state index in [0.717, 1.165) is 0 Å². The quantitative estimate of drug-likeness (QED) is 0.273. The maximum absolute atomic E-state index is 8.36. The maximum Gasteiger partial charge on any atom is 2.00 e. The van der Waals surface area contributed by atoms with Crippen LogP contribution in [0.15, 0.2) is 0 Å². The minimum atomic E-state index is -1.75. The van der Waals surface area contributed by atoms with Gasteiger partial charge in [-0.2, -0.15) is 0 Å². The van der Waals surface area contributed by atoms with E-state index in [1.165, 1.54) is 0 Å². The second-order valence-corrected chi connectivity index (χ2v) is 0.909. The monoisotopic (exact) mass is 397 g/mol. The molecule has 0 heterocycles. The van der Waals surface area contributed by atoms with E-state index in [1.807, 2.05) is 0 Å². The third kappa shape index (κ3) is 1100. The summed E-state index contributed by atoms with van der Waals surface area (Å²) in [6, 6.07) is 0. The summed E-state index contributed by atoms with van der Waals surface area (Å²) < 4.78 is 0. The zero-order chi connectivity index (χ0) is 14.3. The van der Waals surface area contributed by atoms with Gasteiger partial charge in [0.1, 0.15) is 0 Å². The first-order chi connectivity index (χ1) is 6.93. The average molecular weight is 398 g/mol. The van der Waals surface area contributed by atoms with Crippen LogP contribution in [0.3, 0.4) is 0 Å². The third-order valence-corrected chi connectivity index (χ3v) is 0. The Morgan fingerprint density at radius 1 is 0.632 bits per heavy atom. The second-order valence-electron chi connectivity index (χ2n) is 0.909. The van der Waals surface area contributed by atoms with Gasteiger partial charge < -0.3 is 57.3 Å². The van der Waals surface area contributed by atoms with Crippen LogP contribution in [0.4, 0.5) is 0 Å². The summed E-state index contributed by atoms with van der Waals surface area (Å²) in [5, 5.41) is 57.9. The van der Waals surface area contributed by atoms with Gasteiger partial charge in [-0.15, -0.1) is 10.1 Å². The molecule has 0 aromatic carbocycles. The van der Waals surface area contributed by atoms with Gasteiger partial charge in [-0.3, -0.25) is 0 Å². The Morgan fingerprint density at radius 3 is 0.632 bits per heavy atom. The van der Waals surface area contributed by atoms with E-state index in [2.05, 4.69) is 0 Å². The number of nitrogens with zero attached hydrogens (tertiary/aromatic N) is 4. The van der Waals surface area contributed by atoms with Gasteiger partial charge in [0.25, 0.3) is 5.09 Å². The summed E-state index contributed by atoms with van der Waals surface area (Å²) in [5.74, 6) is 0. The van der Waals surface area contributed by atoms with Crippen molar-refractivity contribution in [2.24, 2.45) is 0 Å². The van der Waals surface area contributed by atoms with Crippen LogP contribution in [-0.4, -0.2) is 48.6 Å². The summed E-state index contributed by atoms with van der Waals surface area (Å²) in [6.45, 7) is 0. The fourth-order valence-electron chi connectivity index (χ4n) is 0. The van der Waals surface area contributed by atoms with Gasteiger partial charge in [0.2, 0.25) is 0 Å². The Morgan fingerprint density at radius 2 is 0.632 bits per heavy atom. The zero-order valence-electron chi connectivity index (χ0n) is 8.44. The molecule has 0 amide bonds. The van der Waals surface area contributed by atoms with Crippen molar-refractivity contribution in [1.82, 2.24) is 6.15 Å². The smallest absolute Gasteiger partial charge is 0.356 e. The summed E-state index contributed by atoms with van der Waals surface area (Å²) >= 11 is 0. The molecule has 0 spiro atoms. The minimum Gasteiger partial charge on any atom is -0.356 e. The largest absolute Gasteiger partial charge is 2.00 e. The van der Waals surface area contributed by atoms with E-state index in [1.54, 1.807) is 0 Å². The summed E-state index contributed by atoms with van der Waals surface area (Å²) in [7, 11) is 0. The van der Waals surface area contributed by atoms with Crippen molar-refractivity contribution in [1.29, 1.82) is 0 Å². The van der Waals surface area contributed by atoms with Crippen LogP contribution in [0.25, 0.3) is 0 Å². The third-order valence-electron chi connectivity index (χ3n) is 0. The normalized spacial score (nSPS) is 5.05. The molecule has 0 saturated heterocycles. The van der Waals surface area contributed by atoms with Crippen LogP contribution in [0.2, 0.25) is 0 Å². The molecule has 17 nitrogen and oxygen atoms in total. The van der Waals surface area contributed by atoms with Crippen molar-refractivity contribution in [3.8, 4) is 0 Å². The molecule has 0 aromatic heterocycles. The molecule has 0 radical (unpaired) electrons. The molecule has 0 atom stereocenters. The van der Waals surface area contributed by atoms with Gasteiger partial charge >= 0.3 is 45.4 Å². The predicted octanol–water partition coefficient (Wildman–Crippen LogP) is -1.29. The van der Waals surface area contributed by atoms with E-state index in [-0.39, 0.29) is 51.6 Å². The molecule has 19 heteroatoms. The van der Waals surface area contributed by atoms with Crippen molar-refractivity contribution in [2.75, 3.05) is 0 Å². The molecule has 0 fully saturated rings. The summed E-state index contributed by atoms with van der Waals surface area (Å²) in [6.07, 6.45) is 0. The molecule has 0 unspecified atom stereocenters. The molecule has 0 saturated carbocycles. The molecule has 114 valence electrons. The standard InChI is InChI=1S/Ag.Mg.HNO3.3NO3.H3N/c;;4*2-1(3)4;/h;;(H,2,3,4);;;;1H3/q+1;+2;;3*-1;. The van der Waals surface area contributed by atoms with Gasteiger partial charge in [-0.1, -0.05) is 0 Å². The maximum atomic E-state index is 8.36. The van der Waals surface area contributed by atoms with Crippen molar-refractivity contribution in [3.63, 3.8) is 0 Å². The number of hydrogen-bond donors (Lipinski definition) is 2. The molecular formula is H4AgMgN5O12. The van der Waals surface area contributed by atoms with Gasteiger partial charge in [-0.05, 0) is 0 Å². The first-order valence-corrected chi connectivity index (χ1v) is 2.21. The SMILES string of the molecule is N.O=[N+]([O-])O.O=[N+]([O-])[O-].O=[N+]([O-])[O-].O=[N+]([O-])[O-].[Ag+].[Mg+2]. The van der Waals surface area contributed by atoms with Crippen LogP contribution in [0.1, 0.15) is 0 Å². The molecule has 0 aliphatic carbocycles. The van der Waals surface area contributed by atoms with E-state index < -0.39 is 20.3 Å². The van der Waals surface area contributed by atoms with Crippen LogP contribution >= 0.6 is 0 Å². The zero-order valence-corrected chi connectivity index (χ0v) is 11.3. The van der Waals surface area contributed by atoms with Gasteiger partial charge in [0.15, 0.2) is 0 Å². The number of rotatable bonds is 0. The fraction of sp³-hybridized carbons (Fsp3) is 0. The van der Waals surface area contributed by atoms with Crippen LogP contribution < -0.4 is 6.15 Å². The van der Waals surface area contributed by atoms with Gasteiger partial charge in [0, 0.05) is 0 Å². The summed E-state index contributed by atoms with van der Waals surface area (Å²) in [4.78, 5) is 33.1. The topological polar surface area (TPSA) is 297 Å². The molecular weight excluding hydrogens is 394 g/mol. The molecule has 0 aliphatic heterocycles. The van der Waals surface area contributed by atoms with Crippen LogP contribution in [0.5, 0.6) is 0 Å². The minimum absolute atomic E-state index is 0. The molecule has 19 heavy (non-hydrogen) atoms. The van der Waals surface area contributed by atoms with Crippen molar-refractivity contribution < 1.29 is 47.9 Å². The van der Waals surface area contributed by atoms with Crippen molar-refractivity contribution in [3.05, 3.63) is 56.1 Å². The van der Waals surface area contributed by atoms with Gasteiger partial charge in [0.05, 0.1) is 15.3 Å². The average Bonchev–Trinajstić information content (AvgIpc) is 1.76. The Kier molecular flexibility index (Phi) is 82.1. The van der Waals surface area contributed by atoms with Gasteiger partial charge in [-0.25, -0.2) is 0 Å². The molecule has 4 N–H and O–H groups in total. The molecule has 0 rings (SSSR count). The van der Waals surface area contributed by atoms with E-state index in [9.17, 15) is 0 Å². The molecule has 0 aliphatic rings. The Hall–Kier alpha value is -1.73. The van der Waals surface area contributed by atoms with E-state index in [4.69, 9.17) is 61.3 Å².